The number of aryl methyl sites for hydroxylation is 1. The van der Waals surface area contributed by atoms with Crippen LogP contribution in [-0.4, -0.2) is 64.5 Å². The van der Waals surface area contributed by atoms with Crippen molar-refractivity contribution in [3.63, 3.8) is 0 Å². The van der Waals surface area contributed by atoms with Crippen LogP contribution in [0.3, 0.4) is 0 Å². The van der Waals surface area contributed by atoms with E-state index in [-0.39, 0.29) is 35.1 Å². The number of sulfonamides is 1. The van der Waals surface area contributed by atoms with Gasteiger partial charge >= 0.3 is 5.97 Å². The molecular weight excluding hydrogens is 738 g/mol. The van der Waals surface area contributed by atoms with Gasteiger partial charge in [0.25, 0.3) is 15.9 Å². The van der Waals surface area contributed by atoms with Crippen LogP contribution in [0.4, 0.5) is 11.4 Å². The van der Waals surface area contributed by atoms with Crippen LogP contribution in [0.1, 0.15) is 51.1 Å². The SMILES string of the molecule is CCOC(=O)c1oc2ccc(S(=O)(=O)N(CCc3ccccc3)c3ccccc3N3CC4(CCN(C(=O)c5sccc5Br)CC4)C3)cc2c1C. The number of fused-ring (bicyclic) bond motifs is 1. The van der Waals surface area contributed by atoms with Crippen molar-refractivity contribution in [1.82, 2.24) is 4.90 Å². The molecule has 0 aliphatic carbocycles. The normalized spacial score (nSPS) is 15.7. The van der Waals surface area contributed by atoms with Crippen molar-refractivity contribution in [2.45, 2.75) is 38.0 Å². The number of benzene rings is 3. The Morgan fingerprint density at radius 2 is 1.72 bits per heavy atom. The Bertz CT molecular complexity index is 2150. The number of hydrogen-bond donors (Lipinski definition) is 0. The second-order valence-corrected chi connectivity index (χ2v) is 16.6. The molecule has 2 aliphatic heterocycles. The van der Waals surface area contributed by atoms with Gasteiger partial charge in [0.2, 0.25) is 5.76 Å². The number of thiophene rings is 1. The summed E-state index contributed by atoms with van der Waals surface area (Å²) < 4.78 is 42.7. The second kappa shape index (κ2) is 13.9. The summed E-state index contributed by atoms with van der Waals surface area (Å²) >= 11 is 4.96. The highest BCUT2D eigenvalue weighted by molar-refractivity contribution is 9.10. The third-order valence-electron chi connectivity index (χ3n) is 9.87. The van der Waals surface area contributed by atoms with Crippen LogP contribution in [0.15, 0.2) is 98.0 Å². The molecular formula is C38H38BrN3O6S2. The van der Waals surface area contributed by atoms with E-state index in [1.165, 1.54) is 21.7 Å². The Labute approximate surface area is 304 Å². The third-order valence-corrected chi connectivity index (χ3v) is 13.5. The monoisotopic (exact) mass is 775 g/mol. The summed E-state index contributed by atoms with van der Waals surface area (Å²) in [5.74, 6) is -0.434. The molecule has 0 atom stereocenters. The minimum atomic E-state index is -4.07. The van der Waals surface area contributed by atoms with Crippen molar-refractivity contribution in [2.75, 3.05) is 48.5 Å². The maximum absolute atomic E-state index is 14.7. The largest absolute Gasteiger partial charge is 0.460 e. The molecule has 2 fully saturated rings. The summed E-state index contributed by atoms with van der Waals surface area (Å²) in [6.45, 7) is 6.87. The van der Waals surface area contributed by atoms with Crippen molar-refractivity contribution in [1.29, 1.82) is 0 Å². The van der Waals surface area contributed by atoms with E-state index in [1.807, 2.05) is 70.9 Å². The zero-order valence-electron chi connectivity index (χ0n) is 27.9. The van der Waals surface area contributed by atoms with Crippen LogP contribution in [0.2, 0.25) is 0 Å². The quantitative estimate of drug-likeness (QED) is 0.133. The average molecular weight is 777 g/mol. The number of anilines is 2. The number of carbonyl (C=O) groups is 2. The average Bonchev–Trinajstić information content (AvgIpc) is 3.70. The number of hydrogen-bond acceptors (Lipinski definition) is 8. The number of para-hydroxylation sites is 2. The predicted octanol–water partition coefficient (Wildman–Crippen LogP) is 7.92. The number of piperidine rings is 1. The molecule has 0 radical (unpaired) electrons. The van der Waals surface area contributed by atoms with Gasteiger partial charge in [-0.3, -0.25) is 9.10 Å². The fourth-order valence-electron chi connectivity index (χ4n) is 7.09. The highest BCUT2D eigenvalue weighted by Gasteiger charge is 2.46. The number of halogens is 1. The lowest BCUT2D eigenvalue weighted by molar-refractivity contribution is 0.0488. The van der Waals surface area contributed by atoms with Crippen molar-refractivity contribution in [2.24, 2.45) is 5.41 Å². The molecule has 5 aromatic rings. The van der Waals surface area contributed by atoms with E-state index in [2.05, 4.69) is 20.8 Å². The second-order valence-electron chi connectivity index (χ2n) is 13.0. The van der Waals surface area contributed by atoms with Crippen molar-refractivity contribution >= 4 is 71.5 Å². The molecule has 50 heavy (non-hydrogen) atoms. The lowest BCUT2D eigenvalue weighted by atomic mass is 9.71. The fourth-order valence-corrected chi connectivity index (χ4v) is 10.1. The van der Waals surface area contributed by atoms with Gasteiger partial charge in [-0.05, 0) is 96.4 Å². The van der Waals surface area contributed by atoms with Gasteiger partial charge in [-0.1, -0.05) is 42.5 Å². The maximum atomic E-state index is 14.7. The van der Waals surface area contributed by atoms with Crippen molar-refractivity contribution in [3.05, 3.63) is 110 Å². The van der Waals surface area contributed by atoms with Gasteiger partial charge in [0.15, 0.2) is 0 Å². The molecule has 2 aliphatic rings. The number of furan rings is 1. The van der Waals surface area contributed by atoms with E-state index < -0.39 is 16.0 Å². The number of carbonyl (C=O) groups excluding carboxylic acids is 2. The van der Waals surface area contributed by atoms with E-state index in [9.17, 15) is 18.0 Å². The Hall–Kier alpha value is -4.13. The number of nitrogens with zero attached hydrogens (tertiary/aromatic N) is 3. The highest BCUT2D eigenvalue weighted by atomic mass is 79.9. The summed E-state index contributed by atoms with van der Waals surface area (Å²) in [5.41, 5.74) is 3.54. The number of rotatable bonds is 10. The first-order chi connectivity index (χ1) is 24.1. The van der Waals surface area contributed by atoms with Crippen LogP contribution >= 0.6 is 27.3 Å². The molecule has 4 heterocycles. The Morgan fingerprint density at radius 1 is 1.00 bits per heavy atom. The lowest BCUT2D eigenvalue weighted by Crippen LogP contribution is -2.61. The van der Waals surface area contributed by atoms with Gasteiger partial charge in [0.1, 0.15) is 10.5 Å². The van der Waals surface area contributed by atoms with Crippen LogP contribution < -0.4 is 9.21 Å². The lowest BCUT2D eigenvalue weighted by Gasteiger charge is -2.55. The minimum absolute atomic E-state index is 0.0726. The topological polar surface area (TPSA) is 100 Å². The molecule has 12 heteroatoms. The Morgan fingerprint density at radius 3 is 2.42 bits per heavy atom. The molecule has 3 aromatic carbocycles. The van der Waals surface area contributed by atoms with E-state index in [0.717, 1.165) is 46.5 Å². The fraction of sp³-hybridized carbons (Fsp3) is 0.316. The number of likely N-dealkylation sites (tertiary alicyclic amines) is 1. The molecule has 1 spiro atoms. The summed E-state index contributed by atoms with van der Waals surface area (Å²) in [6.07, 6.45) is 2.31. The zero-order valence-corrected chi connectivity index (χ0v) is 31.2. The first kappa shape index (κ1) is 34.3. The van der Waals surface area contributed by atoms with Crippen LogP contribution in [0.5, 0.6) is 0 Å². The smallest absolute Gasteiger partial charge is 0.374 e. The standard InChI is InChI=1S/C38H38BrN3O6S2/c1-3-47-37(44)34-26(2)29-23-28(13-14-33(29)48-34)50(45,46)42(19-15-27-9-5-4-6-10-27)32-12-8-7-11-31(32)41-24-38(25-41)17-20-40(21-18-38)36(43)35-30(39)16-22-49-35/h4-14,16,22-23H,3,15,17-21,24-25H2,1-2H3. The first-order valence-electron chi connectivity index (χ1n) is 16.7. The third kappa shape index (κ3) is 6.44. The molecule has 0 saturated carbocycles. The van der Waals surface area contributed by atoms with Gasteiger partial charge in [0, 0.05) is 53.6 Å². The number of amides is 1. The van der Waals surface area contributed by atoms with Crippen molar-refractivity contribution < 1.29 is 27.2 Å². The molecule has 7 rings (SSSR count). The van der Waals surface area contributed by atoms with E-state index >= 15 is 0 Å². The molecule has 2 aromatic heterocycles. The Balaban J connectivity index is 1.16. The van der Waals surface area contributed by atoms with Crippen LogP contribution in [-0.2, 0) is 21.2 Å². The summed E-state index contributed by atoms with van der Waals surface area (Å²) in [5, 5.41) is 2.47. The molecule has 0 bridgehead atoms. The van der Waals surface area contributed by atoms with Gasteiger partial charge in [-0.2, -0.15) is 0 Å². The van der Waals surface area contributed by atoms with E-state index in [4.69, 9.17) is 9.15 Å². The van der Waals surface area contributed by atoms with Crippen molar-refractivity contribution in [3.8, 4) is 0 Å². The highest BCUT2D eigenvalue weighted by Crippen LogP contribution is 2.46. The summed E-state index contributed by atoms with van der Waals surface area (Å²) in [6, 6.07) is 24.2. The number of ether oxygens (including phenoxy) is 1. The molecule has 9 nitrogen and oxygen atoms in total. The van der Waals surface area contributed by atoms with Gasteiger partial charge < -0.3 is 19.0 Å². The molecule has 1 amide bonds. The molecule has 0 unspecified atom stereocenters. The summed E-state index contributed by atoms with van der Waals surface area (Å²) in [7, 11) is -4.07. The first-order valence-corrected chi connectivity index (χ1v) is 19.8. The van der Waals surface area contributed by atoms with Crippen LogP contribution in [0, 0.1) is 12.3 Å². The molecule has 2 saturated heterocycles. The van der Waals surface area contributed by atoms with E-state index in [1.54, 1.807) is 26.0 Å². The maximum Gasteiger partial charge on any atom is 0.374 e. The number of esters is 1. The van der Waals surface area contributed by atoms with Crippen LogP contribution in [0.25, 0.3) is 11.0 Å². The van der Waals surface area contributed by atoms with Gasteiger partial charge in [0.05, 0.1) is 22.9 Å². The van der Waals surface area contributed by atoms with E-state index in [0.29, 0.717) is 41.7 Å². The summed E-state index contributed by atoms with van der Waals surface area (Å²) in [4.78, 5) is 30.7. The zero-order chi connectivity index (χ0) is 35.0. The molecule has 0 N–H and O–H groups in total. The van der Waals surface area contributed by atoms with Gasteiger partial charge in [-0.25, -0.2) is 13.2 Å². The van der Waals surface area contributed by atoms with Gasteiger partial charge in [-0.15, -0.1) is 11.3 Å². The minimum Gasteiger partial charge on any atom is -0.460 e. The predicted molar refractivity (Wildman–Crippen MR) is 200 cm³/mol. The Kier molecular flexibility index (Phi) is 9.53. The molecule has 260 valence electrons.